The fraction of sp³-hybridized carbons (Fsp3) is 0.111. The fourth-order valence-corrected chi connectivity index (χ4v) is 6.30. The second kappa shape index (κ2) is 13.2. The summed E-state index contributed by atoms with van der Waals surface area (Å²) in [6, 6.07) is 32.6. The number of ether oxygens (including phenoxy) is 2. The number of carbonyl (C=O) groups is 1. The molecule has 1 aliphatic heterocycles. The first-order valence-electron chi connectivity index (χ1n) is 14.2. The number of esters is 1. The molecular formula is C36H26ClN3O4S. The summed E-state index contributed by atoms with van der Waals surface area (Å²) in [6.45, 7) is 2.18. The van der Waals surface area contributed by atoms with Gasteiger partial charge in [-0.2, -0.15) is 5.26 Å². The van der Waals surface area contributed by atoms with Crippen molar-refractivity contribution in [3.05, 3.63) is 161 Å². The average Bonchev–Trinajstić information content (AvgIpc) is 3.38. The lowest BCUT2D eigenvalue weighted by Gasteiger charge is -2.25. The lowest BCUT2D eigenvalue weighted by atomic mass is 9.93. The number of halogens is 1. The Morgan fingerprint density at radius 1 is 1.02 bits per heavy atom. The molecule has 45 heavy (non-hydrogen) atoms. The van der Waals surface area contributed by atoms with E-state index >= 15 is 0 Å². The van der Waals surface area contributed by atoms with Gasteiger partial charge >= 0.3 is 5.97 Å². The first-order valence-corrected chi connectivity index (χ1v) is 15.4. The zero-order valence-electron chi connectivity index (χ0n) is 24.1. The van der Waals surface area contributed by atoms with E-state index in [4.69, 9.17) is 31.3 Å². The molecule has 0 spiro atoms. The number of rotatable bonds is 8. The third kappa shape index (κ3) is 6.22. The van der Waals surface area contributed by atoms with E-state index in [0.29, 0.717) is 42.5 Å². The van der Waals surface area contributed by atoms with E-state index in [0.717, 1.165) is 16.7 Å². The van der Waals surface area contributed by atoms with Gasteiger partial charge in [-0.3, -0.25) is 9.36 Å². The van der Waals surface area contributed by atoms with Crippen molar-refractivity contribution in [2.45, 2.75) is 19.6 Å². The second-order valence-corrected chi connectivity index (χ2v) is 11.6. The summed E-state index contributed by atoms with van der Waals surface area (Å²) in [4.78, 5) is 33.1. The average molecular weight is 632 g/mol. The normalized spacial score (nSPS) is 14.3. The lowest BCUT2D eigenvalue weighted by molar-refractivity contribution is -0.138. The number of hydrogen-bond acceptors (Lipinski definition) is 7. The van der Waals surface area contributed by atoms with Gasteiger partial charge in [0.15, 0.2) is 4.80 Å². The molecule has 5 aromatic rings. The first-order chi connectivity index (χ1) is 22.0. The van der Waals surface area contributed by atoms with Crippen LogP contribution in [0.3, 0.4) is 0 Å². The Labute approximate surface area is 268 Å². The minimum Gasteiger partial charge on any atom is -0.488 e. The fourth-order valence-electron chi connectivity index (χ4n) is 5.13. The summed E-state index contributed by atoms with van der Waals surface area (Å²) in [5.74, 6) is 0.00274. The van der Waals surface area contributed by atoms with Crippen molar-refractivity contribution < 1.29 is 14.3 Å². The smallest absolute Gasteiger partial charge is 0.338 e. The molecule has 0 amide bonds. The molecule has 0 bridgehead atoms. The van der Waals surface area contributed by atoms with Gasteiger partial charge in [-0.05, 0) is 54.5 Å². The zero-order valence-corrected chi connectivity index (χ0v) is 25.7. The zero-order chi connectivity index (χ0) is 31.3. The number of nitrogens with zero attached hydrogens (tertiary/aromatic N) is 3. The predicted octanol–water partition coefficient (Wildman–Crippen LogP) is 6.04. The third-order valence-electron chi connectivity index (χ3n) is 7.22. The van der Waals surface area contributed by atoms with E-state index in [1.165, 1.54) is 11.3 Å². The van der Waals surface area contributed by atoms with Crippen molar-refractivity contribution in [3.63, 3.8) is 0 Å². The molecule has 4 aromatic carbocycles. The van der Waals surface area contributed by atoms with Crippen molar-refractivity contribution in [2.24, 2.45) is 4.99 Å². The summed E-state index contributed by atoms with van der Waals surface area (Å²) < 4.78 is 13.6. The largest absolute Gasteiger partial charge is 0.488 e. The van der Waals surface area contributed by atoms with E-state index in [2.05, 4.69) is 6.07 Å². The van der Waals surface area contributed by atoms with Crippen LogP contribution in [0.2, 0.25) is 5.02 Å². The van der Waals surface area contributed by atoms with Gasteiger partial charge in [0.25, 0.3) is 5.56 Å². The van der Waals surface area contributed by atoms with Crippen LogP contribution in [-0.4, -0.2) is 17.1 Å². The van der Waals surface area contributed by atoms with Crippen LogP contribution in [0, 0.1) is 11.3 Å². The Bertz CT molecular complexity index is 2130. The molecule has 9 heteroatoms. The molecule has 7 nitrogen and oxygen atoms in total. The number of nitriles is 1. The highest BCUT2D eigenvalue weighted by Crippen LogP contribution is 2.35. The summed E-state index contributed by atoms with van der Waals surface area (Å²) in [5.41, 5.74) is 4.02. The number of hydrogen-bond donors (Lipinski definition) is 0. The highest BCUT2D eigenvalue weighted by atomic mass is 35.5. The summed E-state index contributed by atoms with van der Waals surface area (Å²) in [6.07, 6.45) is 1.74. The van der Waals surface area contributed by atoms with Gasteiger partial charge in [-0.25, -0.2) is 9.79 Å². The molecule has 1 atom stereocenters. The number of carbonyl (C=O) groups excluding carboxylic acids is 1. The molecule has 0 aliphatic carbocycles. The van der Waals surface area contributed by atoms with Gasteiger partial charge in [0.05, 0.1) is 40.1 Å². The molecule has 2 heterocycles. The van der Waals surface area contributed by atoms with E-state index in [-0.39, 0.29) is 18.8 Å². The molecule has 0 unspecified atom stereocenters. The second-order valence-electron chi connectivity index (χ2n) is 10.1. The van der Waals surface area contributed by atoms with Crippen LogP contribution in [0.4, 0.5) is 0 Å². The highest BCUT2D eigenvalue weighted by Gasteiger charge is 2.35. The van der Waals surface area contributed by atoms with Crippen molar-refractivity contribution >= 4 is 40.7 Å². The Kier molecular flexibility index (Phi) is 8.74. The molecule has 222 valence electrons. The lowest BCUT2D eigenvalue weighted by Crippen LogP contribution is -2.40. The quantitative estimate of drug-likeness (QED) is 0.195. The van der Waals surface area contributed by atoms with E-state index in [1.54, 1.807) is 47.9 Å². The topological polar surface area (TPSA) is 93.7 Å². The highest BCUT2D eigenvalue weighted by molar-refractivity contribution is 7.07. The van der Waals surface area contributed by atoms with Gasteiger partial charge in [0.2, 0.25) is 0 Å². The third-order valence-corrected chi connectivity index (χ3v) is 8.44. The van der Waals surface area contributed by atoms with E-state index in [1.807, 2.05) is 72.8 Å². The van der Waals surface area contributed by atoms with Gasteiger partial charge in [-0.1, -0.05) is 95.7 Å². The molecule has 1 aromatic heterocycles. The monoisotopic (exact) mass is 631 g/mol. The molecule has 0 fully saturated rings. The Morgan fingerprint density at radius 3 is 2.42 bits per heavy atom. The SMILES string of the molecule is CCOC(=O)C1=C(c2ccccc2)N=c2s/c(=C\c3cc(Cl)ccc3OCc3ccc(C#N)cc3)c(=O)n2[C@H]1c1ccccc1. The van der Waals surface area contributed by atoms with Gasteiger partial charge in [-0.15, -0.1) is 0 Å². The molecule has 0 saturated carbocycles. The maximum atomic E-state index is 14.2. The Hall–Kier alpha value is -5.23. The number of fused-ring (bicyclic) bond motifs is 1. The van der Waals surface area contributed by atoms with E-state index in [9.17, 15) is 9.59 Å². The summed E-state index contributed by atoms with van der Waals surface area (Å²) >= 11 is 7.61. The Balaban J connectivity index is 1.50. The molecule has 1 aliphatic rings. The molecule has 0 N–H and O–H groups in total. The Morgan fingerprint density at radius 2 is 1.73 bits per heavy atom. The number of aromatic nitrogens is 1. The first kappa shape index (κ1) is 29.8. The van der Waals surface area contributed by atoms with Crippen LogP contribution in [0.25, 0.3) is 11.8 Å². The van der Waals surface area contributed by atoms with Crippen LogP contribution in [0.15, 0.2) is 118 Å². The van der Waals surface area contributed by atoms with Crippen LogP contribution < -0.4 is 19.6 Å². The van der Waals surface area contributed by atoms with Crippen molar-refractivity contribution in [3.8, 4) is 11.8 Å². The van der Waals surface area contributed by atoms with Crippen LogP contribution in [0.5, 0.6) is 5.75 Å². The van der Waals surface area contributed by atoms with Crippen molar-refractivity contribution in [1.82, 2.24) is 4.57 Å². The summed E-state index contributed by atoms with van der Waals surface area (Å²) in [5, 5.41) is 9.57. The van der Waals surface area contributed by atoms with Crippen LogP contribution >= 0.6 is 22.9 Å². The number of benzene rings is 4. The molecule has 0 radical (unpaired) electrons. The van der Waals surface area contributed by atoms with Gasteiger partial charge < -0.3 is 9.47 Å². The van der Waals surface area contributed by atoms with Crippen molar-refractivity contribution in [1.29, 1.82) is 5.26 Å². The van der Waals surface area contributed by atoms with E-state index < -0.39 is 12.0 Å². The predicted molar refractivity (Wildman–Crippen MR) is 174 cm³/mol. The van der Waals surface area contributed by atoms with Gasteiger partial charge in [0.1, 0.15) is 12.4 Å². The minimum atomic E-state index is -0.759. The molecule has 6 rings (SSSR count). The molecular weight excluding hydrogens is 606 g/mol. The van der Waals surface area contributed by atoms with Crippen molar-refractivity contribution in [2.75, 3.05) is 6.61 Å². The van der Waals surface area contributed by atoms with Gasteiger partial charge in [0, 0.05) is 16.1 Å². The maximum absolute atomic E-state index is 14.2. The number of thiazole rings is 1. The maximum Gasteiger partial charge on any atom is 0.338 e. The summed E-state index contributed by atoms with van der Waals surface area (Å²) in [7, 11) is 0. The minimum absolute atomic E-state index is 0.177. The molecule has 0 saturated heterocycles. The van der Waals surface area contributed by atoms with Crippen LogP contribution in [-0.2, 0) is 16.1 Å². The standard InChI is InChI=1S/C36H26ClN3O4S/c1-2-43-35(42)31-32(25-9-5-3-6-10-25)39-36-40(33(31)26-11-7-4-8-12-26)34(41)30(45-36)20-27-19-28(37)17-18-29(27)44-22-24-15-13-23(21-38)14-16-24/h3-20,33H,2,22H2,1H3/b30-20-/t33-/m0/s1. The van der Waals surface area contributed by atoms with Crippen LogP contribution in [0.1, 0.15) is 40.8 Å².